The van der Waals surface area contributed by atoms with Crippen LogP contribution in [0.15, 0.2) is 59.3 Å². The molecule has 0 saturated heterocycles. The molecule has 2 N–H and O–H groups in total. The first kappa shape index (κ1) is 16.5. The van der Waals surface area contributed by atoms with E-state index in [4.69, 9.17) is 15.0 Å². The van der Waals surface area contributed by atoms with Crippen molar-refractivity contribution in [1.29, 1.82) is 0 Å². The number of primary amides is 1. The summed E-state index contributed by atoms with van der Waals surface area (Å²) in [4.78, 5) is 10.6. The Morgan fingerprint density at radius 1 is 1.20 bits per heavy atom. The second-order valence-electron chi connectivity index (χ2n) is 5.40. The SMILES string of the molecule is C[n+]1ccccc1COc1ccc(-c2cc(COC(N)=O)on2)cc1. The number of aryl methyl sites for hydroxylation is 1. The maximum Gasteiger partial charge on any atom is 0.404 e. The van der Waals surface area contributed by atoms with Crippen molar-refractivity contribution >= 4 is 6.09 Å². The van der Waals surface area contributed by atoms with Crippen molar-refractivity contribution in [2.45, 2.75) is 13.2 Å². The van der Waals surface area contributed by atoms with Crippen molar-refractivity contribution in [2.75, 3.05) is 0 Å². The summed E-state index contributed by atoms with van der Waals surface area (Å²) >= 11 is 0. The van der Waals surface area contributed by atoms with Gasteiger partial charge in [-0.2, -0.15) is 0 Å². The van der Waals surface area contributed by atoms with Crippen molar-refractivity contribution in [3.63, 3.8) is 0 Å². The second kappa shape index (κ2) is 7.48. The molecule has 0 saturated carbocycles. The number of amides is 1. The summed E-state index contributed by atoms with van der Waals surface area (Å²) in [5.74, 6) is 1.18. The van der Waals surface area contributed by atoms with Gasteiger partial charge < -0.3 is 19.7 Å². The molecule has 0 aliphatic heterocycles. The molecule has 0 radical (unpaired) electrons. The molecule has 25 heavy (non-hydrogen) atoms. The van der Waals surface area contributed by atoms with E-state index in [1.54, 1.807) is 6.07 Å². The molecule has 0 fully saturated rings. The van der Waals surface area contributed by atoms with Gasteiger partial charge in [-0.05, 0) is 30.3 Å². The maximum absolute atomic E-state index is 10.6. The lowest BCUT2D eigenvalue weighted by Crippen LogP contribution is -2.33. The van der Waals surface area contributed by atoms with Crippen LogP contribution in [0.3, 0.4) is 0 Å². The molecule has 1 aromatic carbocycles. The number of hydrogen-bond donors (Lipinski definition) is 1. The monoisotopic (exact) mass is 340 g/mol. The Morgan fingerprint density at radius 3 is 2.72 bits per heavy atom. The molecule has 3 aromatic rings. The summed E-state index contributed by atoms with van der Waals surface area (Å²) in [7, 11) is 1.98. The molecule has 0 unspecified atom stereocenters. The molecule has 7 heteroatoms. The highest BCUT2D eigenvalue weighted by Gasteiger charge is 2.09. The summed E-state index contributed by atoms with van der Waals surface area (Å²) in [6.45, 7) is 0.437. The van der Waals surface area contributed by atoms with Crippen LogP contribution in [0.5, 0.6) is 5.75 Å². The van der Waals surface area contributed by atoms with E-state index in [9.17, 15) is 4.79 Å². The van der Waals surface area contributed by atoms with Crippen LogP contribution in [-0.4, -0.2) is 11.2 Å². The number of benzene rings is 1. The van der Waals surface area contributed by atoms with Gasteiger partial charge in [-0.1, -0.05) is 5.16 Å². The third-order valence-corrected chi connectivity index (χ3v) is 3.61. The second-order valence-corrected chi connectivity index (χ2v) is 5.40. The van der Waals surface area contributed by atoms with Gasteiger partial charge in [-0.15, -0.1) is 0 Å². The van der Waals surface area contributed by atoms with Gasteiger partial charge in [0.05, 0.1) is 0 Å². The van der Waals surface area contributed by atoms with Gasteiger partial charge in [-0.3, -0.25) is 0 Å². The number of ether oxygens (including phenoxy) is 2. The van der Waals surface area contributed by atoms with E-state index in [1.165, 1.54) is 0 Å². The van der Waals surface area contributed by atoms with Gasteiger partial charge in [0.1, 0.15) is 18.5 Å². The smallest absolute Gasteiger partial charge is 0.404 e. The minimum atomic E-state index is -0.855. The van der Waals surface area contributed by atoms with E-state index in [0.29, 0.717) is 18.1 Å². The number of pyridine rings is 1. The molecule has 3 rings (SSSR count). The number of nitrogens with zero attached hydrogens (tertiary/aromatic N) is 2. The molecule has 1 amide bonds. The van der Waals surface area contributed by atoms with Crippen molar-refractivity contribution < 1.29 is 23.4 Å². The average molecular weight is 340 g/mol. The fraction of sp³-hybridized carbons (Fsp3) is 0.167. The van der Waals surface area contributed by atoms with E-state index in [0.717, 1.165) is 17.0 Å². The Morgan fingerprint density at radius 2 is 2.00 bits per heavy atom. The molecule has 2 heterocycles. The molecule has 7 nitrogen and oxygen atoms in total. The molecule has 0 aliphatic carbocycles. The van der Waals surface area contributed by atoms with Crippen molar-refractivity contribution in [2.24, 2.45) is 12.8 Å². The quantitative estimate of drug-likeness (QED) is 0.696. The van der Waals surface area contributed by atoms with Crippen molar-refractivity contribution in [3.8, 4) is 17.0 Å². The summed E-state index contributed by atoms with van der Waals surface area (Å²) in [5.41, 5.74) is 7.50. The van der Waals surface area contributed by atoms with Crippen LogP contribution >= 0.6 is 0 Å². The topological polar surface area (TPSA) is 91.5 Å². The summed E-state index contributed by atoms with van der Waals surface area (Å²) in [6.07, 6.45) is 1.12. The fourth-order valence-corrected chi connectivity index (χ4v) is 2.25. The molecule has 128 valence electrons. The number of carbonyl (C=O) groups is 1. The number of hydrogen-bond acceptors (Lipinski definition) is 5. The molecule has 0 atom stereocenters. The first-order chi connectivity index (χ1) is 12.1. The largest absolute Gasteiger partial charge is 0.483 e. The van der Waals surface area contributed by atoms with Gasteiger partial charge >= 0.3 is 6.09 Å². The number of carbonyl (C=O) groups excluding carboxylic acids is 1. The molecule has 2 aromatic heterocycles. The first-order valence-electron chi connectivity index (χ1n) is 7.66. The average Bonchev–Trinajstić information content (AvgIpc) is 3.09. The Kier molecular flexibility index (Phi) is 4.94. The van der Waals surface area contributed by atoms with E-state index in [-0.39, 0.29) is 6.61 Å². The van der Waals surface area contributed by atoms with Gasteiger partial charge in [0.15, 0.2) is 25.2 Å². The Bertz CT molecular complexity index is 859. The van der Waals surface area contributed by atoms with Gasteiger partial charge in [-0.25, -0.2) is 9.36 Å². The van der Waals surface area contributed by atoms with Crippen LogP contribution in [0.1, 0.15) is 11.5 Å². The number of aromatic nitrogens is 2. The van der Waals surface area contributed by atoms with E-state index < -0.39 is 6.09 Å². The molecule has 0 bridgehead atoms. The number of nitrogens with two attached hydrogens (primary N) is 1. The van der Waals surface area contributed by atoms with Gasteiger partial charge in [0, 0.05) is 23.8 Å². The predicted octanol–water partition coefficient (Wildman–Crippen LogP) is 2.34. The third kappa shape index (κ3) is 4.35. The standard InChI is InChI=1S/C18H17N3O4/c1-21-9-3-2-4-14(21)11-23-15-7-5-13(6-8-15)17-10-16(25-20-17)12-24-18(19)22/h2-10H,11-12H2,1H3,(H-,19,22)/p+1. The van der Waals surface area contributed by atoms with Crippen LogP contribution in [0, 0.1) is 0 Å². The van der Waals surface area contributed by atoms with E-state index in [2.05, 4.69) is 9.89 Å². The lowest BCUT2D eigenvalue weighted by atomic mass is 10.1. The molecular formula is C18H18N3O4+. The normalized spacial score (nSPS) is 10.4. The summed E-state index contributed by atoms with van der Waals surface area (Å²) < 4.78 is 17.6. The van der Waals surface area contributed by atoms with Crippen LogP contribution < -0.4 is 15.0 Å². The third-order valence-electron chi connectivity index (χ3n) is 3.61. The molecular weight excluding hydrogens is 322 g/mol. The van der Waals surface area contributed by atoms with Gasteiger partial charge in [0.25, 0.3) is 0 Å². The van der Waals surface area contributed by atoms with Crippen LogP contribution in [-0.2, 0) is 25.0 Å². The predicted molar refractivity (Wildman–Crippen MR) is 88.3 cm³/mol. The highest BCUT2D eigenvalue weighted by molar-refractivity contribution is 5.64. The highest BCUT2D eigenvalue weighted by Crippen LogP contribution is 2.23. The zero-order valence-electron chi connectivity index (χ0n) is 13.7. The fourth-order valence-electron chi connectivity index (χ4n) is 2.25. The van der Waals surface area contributed by atoms with Crippen LogP contribution in [0.4, 0.5) is 4.79 Å². The molecule has 0 aliphatic rings. The lowest BCUT2D eigenvalue weighted by Gasteiger charge is -2.05. The lowest BCUT2D eigenvalue weighted by molar-refractivity contribution is -0.680. The zero-order chi connectivity index (χ0) is 17.6. The summed E-state index contributed by atoms with van der Waals surface area (Å²) in [6, 6.07) is 15.2. The minimum absolute atomic E-state index is 0.0440. The Balaban J connectivity index is 1.62. The van der Waals surface area contributed by atoms with Gasteiger partial charge in [0.2, 0.25) is 5.69 Å². The zero-order valence-corrected chi connectivity index (χ0v) is 13.7. The van der Waals surface area contributed by atoms with Crippen molar-refractivity contribution in [3.05, 3.63) is 66.2 Å². The minimum Gasteiger partial charge on any atom is -0.483 e. The van der Waals surface area contributed by atoms with E-state index in [1.807, 2.05) is 60.3 Å². The van der Waals surface area contributed by atoms with E-state index >= 15 is 0 Å². The Hall–Kier alpha value is -3.35. The first-order valence-corrected chi connectivity index (χ1v) is 7.66. The molecule has 0 spiro atoms. The van der Waals surface area contributed by atoms with Crippen LogP contribution in [0.25, 0.3) is 11.3 Å². The maximum atomic E-state index is 10.6. The van der Waals surface area contributed by atoms with Crippen molar-refractivity contribution in [1.82, 2.24) is 5.16 Å². The van der Waals surface area contributed by atoms with Crippen LogP contribution in [0.2, 0.25) is 0 Å². The highest BCUT2D eigenvalue weighted by atomic mass is 16.6. The Labute approximate surface area is 144 Å². The summed E-state index contributed by atoms with van der Waals surface area (Å²) in [5, 5.41) is 3.95. The number of rotatable bonds is 6.